The van der Waals surface area contributed by atoms with E-state index >= 15 is 0 Å². The first kappa shape index (κ1) is 17.3. The van der Waals surface area contributed by atoms with Gasteiger partial charge in [-0.1, -0.05) is 43.3 Å². The highest BCUT2D eigenvalue weighted by Gasteiger charge is 2.26. The molecule has 0 saturated carbocycles. The lowest BCUT2D eigenvalue weighted by molar-refractivity contribution is -0.138. The molecule has 0 aliphatic carbocycles. The lowest BCUT2D eigenvalue weighted by atomic mass is 10.1. The van der Waals surface area contributed by atoms with E-state index in [-0.39, 0.29) is 5.91 Å². The van der Waals surface area contributed by atoms with Crippen LogP contribution in [0.15, 0.2) is 54.6 Å². The molecule has 1 fully saturated rings. The van der Waals surface area contributed by atoms with Crippen LogP contribution >= 0.6 is 0 Å². The SMILES string of the molecule is CCc1ccccc1O[C@@H](C)C(=O)N1CCN(c2ccccc2)CC1. The van der Waals surface area contributed by atoms with Crippen LogP contribution in [0, 0.1) is 0 Å². The monoisotopic (exact) mass is 338 g/mol. The fourth-order valence-electron chi connectivity index (χ4n) is 3.23. The van der Waals surface area contributed by atoms with Crippen LogP contribution in [0.2, 0.25) is 0 Å². The lowest BCUT2D eigenvalue weighted by Crippen LogP contribution is -2.52. The van der Waals surface area contributed by atoms with Crippen molar-refractivity contribution in [1.29, 1.82) is 0 Å². The average Bonchev–Trinajstić information content (AvgIpc) is 2.68. The number of aryl methyl sites for hydroxylation is 1. The molecule has 0 spiro atoms. The van der Waals surface area contributed by atoms with Crippen molar-refractivity contribution in [3.63, 3.8) is 0 Å². The van der Waals surface area contributed by atoms with Gasteiger partial charge in [-0.2, -0.15) is 0 Å². The third-order valence-corrected chi connectivity index (χ3v) is 4.72. The van der Waals surface area contributed by atoms with Gasteiger partial charge in [0.2, 0.25) is 0 Å². The van der Waals surface area contributed by atoms with Crippen molar-refractivity contribution >= 4 is 11.6 Å². The molecular weight excluding hydrogens is 312 g/mol. The predicted molar refractivity (Wildman–Crippen MR) is 101 cm³/mol. The molecule has 3 rings (SSSR count). The van der Waals surface area contributed by atoms with Crippen LogP contribution in [0.3, 0.4) is 0 Å². The molecule has 1 atom stereocenters. The number of carbonyl (C=O) groups excluding carboxylic acids is 1. The summed E-state index contributed by atoms with van der Waals surface area (Å²) < 4.78 is 5.96. The maximum absolute atomic E-state index is 12.7. The molecule has 1 amide bonds. The summed E-state index contributed by atoms with van der Waals surface area (Å²) in [5, 5.41) is 0. The molecule has 0 unspecified atom stereocenters. The zero-order valence-electron chi connectivity index (χ0n) is 15.0. The third-order valence-electron chi connectivity index (χ3n) is 4.72. The van der Waals surface area contributed by atoms with E-state index in [1.165, 1.54) is 5.69 Å². The number of amides is 1. The summed E-state index contributed by atoms with van der Waals surface area (Å²) >= 11 is 0. The standard InChI is InChI=1S/C21H26N2O2/c1-3-18-9-7-8-12-20(18)25-17(2)21(24)23-15-13-22(14-16-23)19-10-5-4-6-11-19/h4-12,17H,3,13-16H2,1-2H3/t17-/m0/s1. The fraction of sp³-hybridized carbons (Fsp3) is 0.381. The number of nitrogens with zero attached hydrogens (tertiary/aromatic N) is 2. The Morgan fingerprint density at radius 3 is 2.32 bits per heavy atom. The number of rotatable bonds is 5. The highest BCUT2D eigenvalue weighted by Crippen LogP contribution is 2.21. The van der Waals surface area contributed by atoms with E-state index in [0.717, 1.165) is 43.9 Å². The van der Waals surface area contributed by atoms with Crippen molar-refractivity contribution in [1.82, 2.24) is 4.90 Å². The fourth-order valence-corrected chi connectivity index (χ4v) is 3.23. The molecule has 1 heterocycles. The molecule has 2 aromatic carbocycles. The van der Waals surface area contributed by atoms with Crippen LogP contribution in [-0.2, 0) is 11.2 Å². The Hall–Kier alpha value is -2.49. The zero-order chi connectivity index (χ0) is 17.6. The van der Waals surface area contributed by atoms with Gasteiger partial charge in [-0.3, -0.25) is 4.79 Å². The first-order valence-corrected chi connectivity index (χ1v) is 9.02. The summed E-state index contributed by atoms with van der Waals surface area (Å²) in [4.78, 5) is 17.0. The second-order valence-corrected chi connectivity index (χ2v) is 6.37. The predicted octanol–water partition coefficient (Wildman–Crippen LogP) is 3.37. The van der Waals surface area contributed by atoms with E-state index < -0.39 is 6.10 Å². The Kier molecular flexibility index (Phi) is 5.59. The first-order chi connectivity index (χ1) is 12.2. The molecule has 2 aromatic rings. The Morgan fingerprint density at radius 2 is 1.64 bits per heavy atom. The minimum atomic E-state index is -0.462. The second-order valence-electron chi connectivity index (χ2n) is 6.37. The number of hydrogen-bond acceptors (Lipinski definition) is 3. The summed E-state index contributed by atoms with van der Waals surface area (Å²) in [6, 6.07) is 18.3. The second kappa shape index (κ2) is 8.06. The summed E-state index contributed by atoms with van der Waals surface area (Å²) in [7, 11) is 0. The number of carbonyl (C=O) groups is 1. The molecule has 0 bridgehead atoms. The van der Waals surface area contributed by atoms with Crippen LogP contribution in [-0.4, -0.2) is 43.1 Å². The van der Waals surface area contributed by atoms with Gasteiger partial charge in [-0.25, -0.2) is 0 Å². The number of anilines is 1. The van der Waals surface area contributed by atoms with Gasteiger partial charge in [-0.05, 0) is 37.1 Å². The molecule has 1 aliphatic heterocycles. The zero-order valence-corrected chi connectivity index (χ0v) is 15.0. The third kappa shape index (κ3) is 4.13. The number of para-hydroxylation sites is 2. The smallest absolute Gasteiger partial charge is 0.263 e. The van der Waals surface area contributed by atoms with Crippen LogP contribution in [0.25, 0.3) is 0 Å². The van der Waals surface area contributed by atoms with Crippen LogP contribution < -0.4 is 9.64 Å². The van der Waals surface area contributed by atoms with Gasteiger partial charge in [-0.15, -0.1) is 0 Å². The Balaban J connectivity index is 1.57. The van der Waals surface area contributed by atoms with Gasteiger partial charge in [0.1, 0.15) is 5.75 Å². The first-order valence-electron chi connectivity index (χ1n) is 9.02. The molecule has 1 saturated heterocycles. The van der Waals surface area contributed by atoms with E-state index in [2.05, 4.69) is 24.0 Å². The molecule has 132 valence electrons. The van der Waals surface area contributed by atoms with Gasteiger partial charge in [0.15, 0.2) is 6.10 Å². The van der Waals surface area contributed by atoms with Crippen LogP contribution in [0.4, 0.5) is 5.69 Å². The molecular formula is C21H26N2O2. The van der Waals surface area contributed by atoms with Crippen molar-refractivity contribution in [2.75, 3.05) is 31.1 Å². The van der Waals surface area contributed by atoms with Crippen molar-refractivity contribution < 1.29 is 9.53 Å². The van der Waals surface area contributed by atoms with Gasteiger partial charge in [0.25, 0.3) is 5.91 Å². The van der Waals surface area contributed by atoms with Crippen LogP contribution in [0.5, 0.6) is 5.75 Å². The Morgan fingerprint density at radius 1 is 1.00 bits per heavy atom. The minimum absolute atomic E-state index is 0.0682. The van der Waals surface area contributed by atoms with Crippen molar-refractivity contribution in [2.45, 2.75) is 26.4 Å². The molecule has 0 aromatic heterocycles. The van der Waals surface area contributed by atoms with Gasteiger partial charge in [0.05, 0.1) is 0 Å². The largest absolute Gasteiger partial charge is 0.481 e. The van der Waals surface area contributed by atoms with Gasteiger partial charge in [0, 0.05) is 31.9 Å². The Labute approximate surface area is 150 Å². The number of piperazine rings is 1. The van der Waals surface area contributed by atoms with Crippen molar-refractivity contribution in [3.05, 3.63) is 60.2 Å². The summed E-state index contributed by atoms with van der Waals surface area (Å²) in [6.07, 6.45) is 0.434. The maximum Gasteiger partial charge on any atom is 0.263 e. The summed E-state index contributed by atoms with van der Waals surface area (Å²) in [5.74, 6) is 0.882. The highest BCUT2D eigenvalue weighted by atomic mass is 16.5. The topological polar surface area (TPSA) is 32.8 Å². The number of benzene rings is 2. The van der Waals surface area contributed by atoms with E-state index in [1.54, 1.807) is 0 Å². The van der Waals surface area contributed by atoms with E-state index in [9.17, 15) is 4.79 Å². The molecule has 0 N–H and O–H groups in total. The number of hydrogen-bond donors (Lipinski definition) is 0. The molecule has 25 heavy (non-hydrogen) atoms. The van der Waals surface area contributed by atoms with Gasteiger partial charge >= 0.3 is 0 Å². The van der Waals surface area contributed by atoms with E-state index in [4.69, 9.17) is 4.74 Å². The van der Waals surface area contributed by atoms with Crippen molar-refractivity contribution in [2.24, 2.45) is 0 Å². The molecule has 1 aliphatic rings. The van der Waals surface area contributed by atoms with E-state index in [1.807, 2.05) is 54.3 Å². The Bertz CT molecular complexity index is 694. The van der Waals surface area contributed by atoms with Crippen molar-refractivity contribution in [3.8, 4) is 5.75 Å². The number of ether oxygens (including phenoxy) is 1. The maximum atomic E-state index is 12.7. The summed E-state index contributed by atoms with van der Waals surface area (Å²) in [6.45, 7) is 7.12. The normalized spacial score (nSPS) is 15.8. The van der Waals surface area contributed by atoms with Gasteiger partial charge < -0.3 is 14.5 Å². The molecule has 4 heteroatoms. The highest BCUT2D eigenvalue weighted by molar-refractivity contribution is 5.81. The quantitative estimate of drug-likeness (QED) is 0.838. The average molecular weight is 338 g/mol. The molecule has 4 nitrogen and oxygen atoms in total. The minimum Gasteiger partial charge on any atom is -0.481 e. The lowest BCUT2D eigenvalue weighted by Gasteiger charge is -2.37. The van der Waals surface area contributed by atoms with E-state index in [0.29, 0.717) is 0 Å². The van der Waals surface area contributed by atoms with Crippen LogP contribution in [0.1, 0.15) is 19.4 Å². The summed E-state index contributed by atoms with van der Waals surface area (Å²) in [5.41, 5.74) is 2.35. The molecule has 0 radical (unpaired) electrons.